The van der Waals surface area contributed by atoms with Crippen LogP contribution in [0.25, 0.3) is 0 Å². The smallest absolute Gasteiger partial charge is 0.404 e. The van der Waals surface area contributed by atoms with Gasteiger partial charge in [-0.1, -0.05) is 12.1 Å². The van der Waals surface area contributed by atoms with Crippen LogP contribution < -0.4 is 15.0 Å². The van der Waals surface area contributed by atoms with Gasteiger partial charge < -0.3 is 15.0 Å². The zero-order chi connectivity index (χ0) is 13.9. The Hall–Kier alpha value is -1.43. The second-order valence-corrected chi connectivity index (χ2v) is 4.57. The second-order valence-electron chi connectivity index (χ2n) is 4.57. The third-order valence-corrected chi connectivity index (χ3v) is 3.33. The molecule has 1 aliphatic rings. The van der Waals surface area contributed by atoms with E-state index in [-0.39, 0.29) is 5.75 Å². The van der Waals surface area contributed by atoms with Crippen LogP contribution in [0.3, 0.4) is 0 Å². The molecule has 1 N–H and O–H groups in total. The van der Waals surface area contributed by atoms with Crippen molar-refractivity contribution in [1.29, 1.82) is 0 Å². The van der Waals surface area contributed by atoms with Crippen molar-refractivity contribution in [1.82, 2.24) is 5.32 Å². The van der Waals surface area contributed by atoms with Gasteiger partial charge in [0.2, 0.25) is 0 Å². The highest BCUT2D eigenvalue weighted by atomic mass is 19.4. The van der Waals surface area contributed by atoms with Crippen molar-refractivity contribution in [3.8, 4) is 5.75 Å². The molecule has 0 aromatic heterocycles. The number of alkyl halides is 3. The number of rotatable bonds is 3. The summed E-state index contributed by atoms with van der Waals surface area (Å²) in [5, 5.41) is 3.19. The van der Waals surface area contributed by atoms with E-state index in [2.05, 4.69) is 10.1 Å². The summed E-state index contributed by atoms with van der Waals surface area (Å²) in [5.74, 6) is -0.127. The standard InChI is InChI=1S/C13H17F3N2O/c1-17-10-6-8-18(9-7-10)11-4-2-3-5-12(11)19-13(14,15)16/h2-5,10,17H,6-9H2,1H3. The highest BCUT2D eigenvalue weighted by Crippen LogP contribution is 2.33. The lowest BCUT2D eigenvalue weighted by Gasteiger charge is -2.34. The van der Waals surface area contributed by atoms with Gasteiger partial charge in [0, 0.05) is 19.1 Å². The number of hydrogen-bond donors (Lipinski definition) is 1. The molecule has 0 saturated carbocycles. The largest absolute Gasteiger partial charge is 0.573 e. The maximum atomic E-state index is 12.4. The summed E-state index contributed by atoms with van der Waals surface area (Å²) in [4.78, 5) is 1.94. The highest BCUT2D eigenvalue weighted by Gasteiger charge is 2.33. The maximum Gasteiger partial charge on any atom is 0.573 e. The van der Waals surface area contributed by atoms with Gasteiger partial charge in [-0.25, -0.2) is 0 Å². The van der Waals surface area contributed by atoms with Crippen LogP contribution in [0.4, 0.5) is 18.9 Å². The van der Waals surface area contributed by atoms with E-state index in [1.54, 1.807) is 18.2 Å². The monoisotopic (exact) mass is 274 g/mol. The van der Waals surface area contributed by atoms with E-state index in [0.717, 1.165) is 25.9 Å². The minimum absolute atomic E-state index is 0.127. The Labute approximate surface area is 110 Å². The molecule has 0 spiro atoms. The predicted molar refractivity (Wildman–Crippen MR) is 67.4 cm³/mol. The van der Waals surface area contributed by atoms with Gasteiger partial charge in [0.05, 0.1) is 5.69 Å². The zero-order valence-corrected chi connectivity index (χ0v) is 10.7. The van der Waals surface area contributed by atoms with Gasteiger partial charge in [-0.15, -0.1) is 13.2 Å². The third-order valence-electron chi connectivity index (χ3n) is 3.33. The van der Waals surface area contributed by atoms with Crippen molar-refractivity contribution >= 4 is 5.69 Å². The molecule has 1 fully saturated rings. The summed E-state index contributed by atoms with van der Waals surface area (Å²) < 4.78 is 41.1. The lowest BCUT2D eigenvalue weighted by molar-refractivity contribution is -0.274. The van der Waals surface area contributed by atoms with Crippen molar-refractivity contribution in [2.24, 2.45) is 0 Å². The molecule has 0 amide bonds. The third kappa shape index (κ3) is 3.76. The number of piperidine rings is 1. The second kappa shape index (κ2) is 5.69. The topological polar surface area (TPSA) is 24.5 Å². The summed E-state index contributed by atoms with van der Waals surface area (Å²) in [6.45, 7) is 1.45. The molecule has 1 heterocycles. The fourth-order valence-corrected chi connectivity index (χ4v) is 2.34. The number of hydrogen-bond acceptors (Lipinski definition) is 3. The van der Waals surface area contributed by atoms with Gasteiger partial charge in [-0.2, -0.15) is 0 Å². The number of benzene rings is 1. The number of anilines is 1. The molecule has 106 valence electrons. The summed E-state index contributed by atoms with van der Waals surface area (Å²) in [7, 11) is 1.90. The quantitative estimate of drug-likeness (QED) is 0.917. The summed E-state index contributed by atoms with van der Waals surface area (Å²) in [5.41, 5.74) is 0.509. The number of para-hydroxylation sites is 2. The Morgan fingerprint density at radius 3 is 2.42 bits per heavy atom. The van der Waals surface area contributed by atoms with E-state index in [0.29, 0.717) is 11.7 Å². The van der Waals surface area contributed by atoms with E-state index < -0.39 is 6.36 Å². The van der Waals surface area contributed by atoms with Gasteiger partial charge in [0.15, 0.2) is 5.75 Å². The minimum Gasteiger partial charge on any atom is -0.404 e. The SMILES string of the molecule is CNC1CCN(c2ccccc2OC(F)(F)F)CC1. The molecule has 1 saturated heterocycles. The number of nitrogens with one attached hydrogen (secondary N) is 1. The van der Waals surface area contributed by atoms with Gasteiger partial charge in [-0.3, -0.25) is 0 Å². The van der Waals surface area contributed by atoms with E-state index in [1.807, 2.05) is 11.9 Å². The Balaban J connectivity index is 2.12. The van der Waals surface area contributed by atoms with Crippen LogP contribution >= 0.6 is 0 Å². The van der Waals surface area contributed by atoms with Crippen LogP contribution in [0.2, 0.25) is 0 Å². The molecule has 0 radical (unpaired) electrons. The molecule has 0 atom stereocenters. The molecule has 1 aromatic rings. The van der Waals surface area contributed by atoms with Crippen molar-refractivity contribution in [3.63, 3.8) is 0 Å². The summed E-state index contributed by atoms with van der Waals surface area (Å²) >= 11 is 0. The van der Waals surface area contributed by atoms with Gasteiger partial charge in [-0.05, 0) is 32.0 Å². The first kappa shape index (κ1) is 14.0. The number of halogens is 3. The molecule has 0 unspecified atom stereocenters. The van der Waals surface area contributed by atoms with Crippen molar-refractivity contribution < 1.29 is 17.9 Å². The number of ether oxygens (including phenoxy) is 1. The maximum absolute atomic E-state index is 12.4. The Morgan fingerprint density at radius 2 is 1.84 bits per heavy atom. The Kier molecular flexibility index (Phi) is 4.19. The fourth-order valence-electron chi connectivity index (χ4n) is 2.34. The Morgan fingerprint density at radius 1 is 1.21 bits per heavy atom. The predicted octanol–water partition coefficient (Wildman–Crippen LogP) is 2.77. The minimum atomic E-state index is -4.65. The van der Waals surface area contributed by atoms with E-state index in [9.17, 15) is 13.2 Å². The normalized spacial score (nSPS) is 17.6. The van der Waals surface area contributed by atoms with Gasteiger partial charge in [0.1, 0.15) is 0 Å². The molecule has 0 bridgehead atoms. The average Bonchev–Trinajstić information content (AvgIpc) is 2.38. The van der Waals surface area contributed by atoms with Crippen molar-refractivity contribution in [2.45, 2.75) is 25.2 Å². The summed E-state index contributed by atoms with van der Waals surface area (Å²) in [6, 6.07) is 6.73. The van der Waals surface area contributed by atoms with E-state index in [4.69, 9.17) is 0 Å². The van der Waals surface area contributed by atoms with Crippen LogP contribution in [0, 0.1) is 0 Å². The average molecular weight is 274 g/mol. The first-order valence-corrected chi connectivity index (χ1v) is 6.26. The van der Waals surface area contributed by atoms with E-state index in [1.165, 1.54) is 6.07 Å². The molecule has 2 rings (SSSR count). The molecule has 1 aromatic carbocycles. The van der Waals surface area contributed by atoms with Gasteiger partial charge >= 0.3 is 6.36 Å². The van der Waals surface area contributed by atoms with Gasteiger partial charge in [0.25, 0.3) is 0 Å². The molecule has 6 heteroatoms. The number of nitrogens with zero attached hydrogens (tertiary/aromatic N) is 1. The van der Waals surface area contributed by atoms with Crippen LogP contribution in [-0.2, 0) is 0 Å². The summed E-state index contributed by atoms with van der Waals surface area (Å²) in [6.07, 6.45) is -2.83. The molecule has 1 aliphatic heterocycles. The van der Waals surface area contributed by atoms with Crippen molar-refractivity contribution in [2.75, 3.05) is 25.0 Å². The fraction of sp³-hybridized carbons (Fsp3) is 0.538. The molecule has 3 nitrogen and oxygen atoms in total. The Bertz CT molecular complexity index is 415. The molecule has 19 heavy (non-hydrogen) atoms. The zero-order valence-electron chi connectivity index (χ0n) is 10.7. The van der Waals surface area contributed by atoms with Crippen LogP contribution in [0.15, 0.2) is 24.3 Å². The molecule has 0 aliphatic carbocycles. The van der Waals surface area contributed by atoms with Crippen molar-refractivity contribution in [3.05, 3.63) is 24.3 Å². The molecular weight excluding hydrogens is 257 g/mol. The lowest BCUT2D eigenvalue weighted by atomic mass is 10.0. The van der Waals surface area contributed by atoms with Crippen LogP contribution in [0.1, 0.15) is 12.8 Å². The van der Waals surface area contributed by atoms with Crippen LogP contribution in [0.5, 0.6) is 5.75 Å². The van der Waals surface area contributed by atoms with Crippen LogP contribution in [-0.4, -0.2) is 32.5 Å². The first-order valence-electron chi connectivity index (χ1n) is 6.26. The molecular formula is C13H17F3N2O. The van der Waals surface area contributed by atoms with E-state index >= 15 is 0 Å². The lowest BCUT2D eigenvalue weighted by Crippen LogP contribution is -2.41. The first-order chi connectivity index (χ1) is 8.99. The highest BCUT2D eigenvalue weighted by molar-refractivity contribution is 5.58.